The molecule has 0 saturated carbocycles. The zero-order valence-corrected chi connectivity index (χ0v) is 20.6. The van der Waals surface area contributed by atoms with Crippen LogP contribution in [-0.4, -0.2) is 32.9 Å². The highest BCUT2D eigenvalue weighted by Gasteiger charge is 2.29. The summed E-state index contributed by atoms with van der Waals surface area (Å²) in [6, 6.07) is 20.2. The van der Waals surface area contributed by atoms with Crippen LogP contribution in [0.1, 0.15) is 42.4 Å². The fourth-order valence-corrected chi connectivity index (χ4v) is 6.01. The molecule has 0 aromatic heterocycles. The monoisotopic (exact) mass is 500 g/mol. The van der Waals surface area contributed by atoms with Crippen molar-refractivity contribution in [2.45, 2.75) is 43.7 Å². The fraction of sp³-hybridized carbons (Fsp3) is 0.333. The molecule has 8 heteroatoms. The lowest BCUT2D eigenvalue weighted by Crippen LogP contribution is -2.33. The van der Waals surface area contributed by atoms with E-state index in [9.17, 15) is 17.2 Å². The molecule has 1 saturated heterocycles. The van der Waals surface area contributed by atoms with Crippen molar-refractivity contribution in [3.05, 3.63) is 89.5 Å². The van der Waals surface area contributed by atoms with E-state index in [1.54, 1.807) is 30.3 Å². The van der Waals surface area contributed by atoms with Crippen molar-refractivity contribution in [3.8, 4) is 5.75 Å². The summed E-state index contributed by atoms with van der Waals surface area (Å²) >= 11 is 0. The molecule has 0 bridgehead atoms. The third-order valence-electron chi connectivity index (χ3n) is 6.31. The van der Waals surface area contributed by atoms with Crippen molar-refractivity contribution in [1.82, 2.24) is 4.31 Å². The van der Waals surface area contributed by atoms with E-state index in [2.05, 4.69) is 4.90 Å². The molecule has 1 fully saturated rings. The molecule has 0 unspecified atom stereocenters. The Morgan fingerprint density at radius 1 is 0.886 bits per heavy atom. The predicted octanol–water partition coefficient (Wildman–Crippen LogP) is 6.01. The second-order valence-corrected chi connectivity index (χ2v) is 10.5. The second-order valence-electron chi connectivity index (χ2n) is 8.64. The summed E-state index contributed by atoms with van der Waals surface area (Å²) < 4.78 is 60.6. The third-order valence-corrected chi connectivity index (χ3v) is 8.14. The summed E-state index contributed by atoms with van der Waals surface area (Å²) in [7, 11) is -2.53. The SMILES string of the molecule is COc1ccccc1S(=O)(=O)N(Cc1ccc(C(F)F)cc1)Cc1ccccc1N1CCCCC1. The first kappa shape index (κ1) is 25.1. The number of nitrogens with zero attached hydrogens (tertiary/aromatic N) is 2. The van der Waals surface area contributed by atoms with Gasteiger partial charge in [0.05, 0.1) is 7.11 Å². The number of alkyl halides is 2. The van der Waals surface area contributed by atoms with Crippen LogP contribution < -0.4 is 9.64 Å². The average Bonchev–Trinajstić information content (AvgIpc) is 2.89. The highest BCUT2D eigenvalue weighted by Crippen LogP contribution is 2.32. The molecule has 5 nitrogen and oxygen atoms in total. The first-order valence-electron chi connectivity index (χ1n) is 11.7. The van der Waals surface area contributed by atoms with Gasteiger partial charge in [-0.15, -0.1) is 0 Å². The van der Waals surface area contributed by atoms with E-state index >= 15 is 0 Å². The number of hydrogen-bond donors (Lipinski definition) is 0. The molecule has 0 radical (unpaired) electrons. The van der Waals surface area contributed by atoms with Gasteiger partial charge in [-0.3, -0.25) is 0 Å². The molecular weight excluding hydrogens is 470 g/mol. The van der Waals surface area contributed by atoms with Gasteiger partial charge in [-0.2, -0.15) is 4.31 Å². The molecule has 3 aromatic carbocycles. The maximum atomic E-state index is 13.9. The smallest absolute Gasteiger partial charge is 0.263 e. The summed E-state index contributed by atoms with van der Waals surface area (Å²) in [6.07, 6.45) is 0.831. The van der Waals surface area contributed by atoms with E-state index < -0.39 is 16.4 Å². The number of halogens is 2. The average molecular weight is 501 g/mol. The van der Waals surface area contributed by atoms with Crippen LogP contribution >= 0.6 is 0 Å². The number of ether oxygens (including phenoxy) is 1. The van der Waals surface area contributed by atoms with Gasteiger partial charge in [0.25, 0.3) is 6.43 Å². The van der Waals surface area contributed by atoms with Crippen LogP contribution in [-0.2, 0) is 23.1 Å². The van der Waals surface area contributed by atoms with Crippen LogP contribution in [0.5, 0.6) is 5.75 Å². The summed E-state index contributed by atoms with van der Waals surface area (Å²) in [5, 5.41) is 0. The Morgan fingerprint density at radius 3 is 2.23 bits per heavy atom. The van der Waals surface area contributed by atoms with E-state index in [1.165, 1.54) is 36.0 Å². The topological polar surface area (TPSA) is 49.9 Å². The summed E-state index contributed by atoms with van der Waals surface area (Å²) in [4.78, 5) is 2.38. The van der Waals surface area contributed by atoms with Gasteiger partial charge >= 0.3 is 0 Å². The zero-order valence-electron chi connectivity index (χ0n) is 19.7. The highest BCUT2D eigenvalue weighted by atomic mass is 32.2. The maximum Gasteiger partial charge on any atom is 0.263 e. The van der Waals surface area contributed by atoms with Gasteiger partial charge in [-0.25, -0.2) is 17.2 Å². The minimum Gasteiger partial charge on any atom is -0.495 e. The maximum absolute atomic E-state index is 13.9. The minimum absolute atomic E-state index is 0.0399. The lowest BCUT2D eigenvalue weighted by atomic mass is 10.1. The minimum atomic E-state index is -3.97. The Bertz CT molecular complexity index is 1230. The molecule has 0 spiro atoms. The van der Waals surface area contributed by atoms with Crippen LogP contribution in [0.25, 0.3) is 0 Å². The van der Waals surface area contributed by atoms with Crippen molar-refractivity contribution in [1.29, 1.82) is 0 Å². The molecule has 0 atom stereocenters. The zero-order chi connectivity index (χ0) is 24.8. The van der Waals surface area contributed by atoms with Crippen LogP contribution in [0.2, 0.25) is 0 Å². The van der Waals surface area contributed by atoms with Gasteiger partial charge < -0.3 is 9.64 Å². The van der Waals surface area contributed by atoms with Crippen molar-refractivity contribution in [2.75, 3.05) is 25.1 Å². The number of rotatable bonds is 9. The predicted molar refractivity (Wildman–Crippen MR) is 133 cm³/mol. The van der Waals surface area contributed by atoms with E-state index in [0.717, 1.165) is 37.2 Å². The molecule has 186 valence electrons. The van der Waals surface area contributed by atoms with Crippen LogP contribution in [0.4, 0.5) is 14.5 Å². The van der Waals surface area contributed by atoms with Crippen LogP contribution in [0, 0.1) is 0 Å². The van der Waals surface area contributed by atoms with Crippen molar-refractivity contribution in [2.24, 2.45) is 0 Å². The lowest BCUT2D eigenvalue weighted by Gasteiger charge is -2.32. The Kier molecular flexibility index (Phi) is 8.03. The summed E-state index contributed by atoms with van der Waals surface area (Å²) in [5.74, 6) is 0.259. The lowest BCUT2D eigenvalue weighted by molar-refractivity contribution is 0.151. The third kappa shape index (κ3) is 5.82. The van der Waals surface area contributed by atoms with Gasteiger partial charge in [0.15, 0.2) is 0 Å². The number of methoxy groups -OCH3 is 1. The molecule has 1 aliphatic heterocycles. The normalized spacial score (nSPS) is 14.5. The number of anilines is 1. The summed E-state index contributed by atoms with van der Waals surface area (Å²) in [5.41, 5.74) is 2.46. The van der Waals surface area contributed by atoms with Crippen molar-refractivity contribution >= 4 is 15.7 Å². The molecule has 35 heavy (non-hydrogen) atoms. The molecule has 3 aromatic rings. The quantitative estimate of drug-likeness (QED) is 0.361. The molecule has 0 amide bonds. The van der Waals surface area contributed by atoms with Gasteiger partial charge in [-0.1, -0.05) is 54.6 Å². The number of para-hydroxylation sites is 2. The van der Waals surface area contributed by atoms with Gasteiger partial charge in [0.2, 0.25) is 10.0 Å². The Balaban J connectivity index is 1.72. The largest absolute Gasteiger partial charge is 0.495 e. The van der Waals surface area contributed by atoms with E-state index in [4.69, 9.17) is 4.74 Å². The van der Waals surface area contributed by atoms with E-state index in [1.807, 2.05) is 24.3 Å². The number of hydrogen-bond acceptors (Lipinski definition) is 4. The fourth-order valence-electron chi connectivity index (χ4n) is 4.45. The highest BCUT2D eigenvalue weighted by molar-refractivity contribution is 7.89. The van der Waals surface area contributed by atoms with Crippen molar-refractivity contribution in [3.63, 3.8) is 0 Å². The van der Waals surface area contributed by atoms with Crippen LogP contribution in [0.3, 0.4) is 0 Å². The first-order valence-corrected chi connectivity index (χ1v) is 13.2. The molecule has 1 aliphatic rings. The van der Waals surface area contributed by atoms with E-state index in [-0.39, 0.29) is 29.3 Å². The van der Waals surface area contributed by atoms with E-state index in [0.29, 0.717) is 5.56 Å². The molecule has 1 heterocycles. The molecule has 0 aliphatic carbocycles. The Morgan fingerprint density at radius 2 is 1.54 bits per heavy atom. The molecule has 0 N–H and O–H groups in total. The van der Waals surface area contributed by atoms with Crippen LogP contribution in [0.15, 0.2) is 77.7 Å². The summed E-state index contributed by atoms with van der Waals surface area (Å²) in [6.45, 7) is 2.05. The molecular formula is C27H30F2N2O3S. The van der Waals surface area contributed by atoms with Gasteiger partial charge in [0, 0.05) is 37.4 Å². The van der Waals surface area contributed by atoms with Gasteiger partial charge in [0.1, 0.15) is 10.6 Å². The Hall–Kier alpha value is -2.97. The van der Waals surface area contributed by atoms with Crippen molar-refractivity contribution < 1.29 is 21.9 Å². The standard InChI is InChI=1S/C27H30F2N2O3S/c1-34-25-11-5-6-12-26(25)35(32,33)31(19-21-13-15-22(16-14-21)27(28)29)20-23-9-3-4-10-24(23)30-17-7-2-8-18-30/h3-6,9-16,27H,2,7-8,17-20H2,1H3. The Labute approximate surface area is 206 Å². The number of piperidine rings is 1. The number of sulfonamides is 1. The second kappa shape index (κ2) is 11.2. The first-order chi connectivity index (χ1) is 16.9. The van der Waals surface area contributed by atoms with Gasteiger partial charge in [-0.05, 0) is 48.6 Å². The number of benzene rings is 3. The molecule has 4 rings (SSSR count).